The zero-order chi connectivity index (χ0) is 12.8. The van der Waals surface area contributed by atoms with Gasteiger partial charge in [-0.1, -0.05) is 24.3 Å². The molecule has 18 heavy (non-hydrogen) atoms. The number of ether oxygens (including phenoxy) is 1. The first-order valence-corrected chi connectivity index (χ1v) is 6.17. The summed E-state index contributed by atoms with van der Waals surface area (Å²) in [6, 6.07) is 8.37. The van der Waals surface area contributed by atoms with Gasteiger partial charge in [0.05, 0.1) is 19.8 Å². The van der Waals surface area contributed by atoms with Crippen molar-refractivity contribution in [2.75, 3.05) is 26.3 Å². The number of nitrogens with two attached hydrogens (primary N) is 2. The zero-order valence-electron chi connectivity index (χ0n) is 10.5. The number of hydrogen-bond donors (Lipinski definition) is 2. The van der Waals surface area contributed by atoms with Gasteiger partial charge in [0.2, 0.25) is 0 Å². The van der Waals surface area contributed by atoms with Crippen molar-refractivity contribution in [3.05, 3.63) is 35.4 Å². The van der Waals surface area contributed by atoms with E-state index in [0.717, 1.165) is 38.4 Å². The van der Waals surface area contributed by atoms with Gasteiger partial charge in [0.1, 0.15) is 0 Å². The predicted molar refractivity (Wildman–Crippen MR) is 72.1 cm³/mol. The third-order valence-corrected chi connectivity index (χ3v) is 2.95. The molecule has 5 heteroatoms. The highest BCUT2D eigenvalue weighted by atomic mass is 16.5. The predicted octanol–water partition coefficient (Wildman–Crippen LogP) is 0.292. The van der Waals surface area contributed by atoms with Crippen LogP contribution in [-0.2, 0) is 17.8 Å². The number of rotatable bonds is 4. The molecule has 1 aliphatic heterocycles. The van der Waals surface area contributed by atoms with Crippen LogP contribution in [0.5, 0.6) is 0 Å². The summed E-state index contributed by atoms with van der Waals surface area (Å²) in [6.07, 6.45) is 0. The minimum Gasteiger partial charge on any atom is -0.379 e. The van der Waals surface area contributed by atoms with E-state index in [1.54, 1.807) is 0 Å². The van der Waals surface area contributed by atoms with Gasteiger partial charge in [0.25, 0.3) is 0 Å². The van der Waals surface area contributed by atoms with Crippen LogP contribution in [-0.4, -0.2) is 37.2 Å². The summed E-state index contributed by atoms with van der Waals surface area (Å²) in [4.78, 5) is 6.41. The van der Waals surface area contributed by atoms with Crippen LogP contribution >= 0.6 is 0 Å². The van der Waals surface area contributed by atoms with E-state index in [1.807, 2.05) is 12.1 Å². The molecule has 2 rings (SSSR count). The molecule has 1 aromatic carbocycles. The molecule has 0 aliphatic carbocycles. The van der Waals surface area contributed by atoms with Crippen LogP contribution in [0.4, 0.5) is 0 Å². The van der Waals surface area contributed by atoms with Crippen molar-refractivity contribution in [1.82, 2.24) is 4.90 Å². The molecule has 98 valence electrons. The lowest BCUT2D eigenvalue weighted by atomic mass is 10.1. The van der Waals surface area contributed by atoms with Crippen LogP contribution in [0.3, 0.4) is 0 Å². The van der Waals surface area contributed by atoms with Crippen LogP contribution in [0, 0.1) is 0 Å². The molecule has 5 nitrogen and oxygen atoms in total. The molecular formula is C13H20N4O. The number of morpholine rings is 1. The molecule has 1 aliphatic rings. The molecule has 4 N–H and O–H groups in total. The highest BCUT2D eigenvalue weighted by molar-refractivity contribution is 5.75. The fraction of sp³-hybridized carbons (Fsp3) is 0.462. The molecule has 1 saturated heterocycles. The van der Waals surface area contributed by atoms with E-state index in [9.17, 15) is 0 Å². The highest BCUT2D eigenvalue weighted by Gasteiger charge is 2.10. The molecule has 1 aromatic rings. The molecule has 1 heterocycles. The number of benzene rings is 1. The second kappa shape index (κ2) is 6.37. The Kier molecular flexibility index (Phi) is 4.55. The van der Waals surface area contributed by atoms with E-state index in [2.05, 4.69) is 22.0 Å². The topological polar surface area (TPSA) is 76.9 Å². The van der Waals surface area contributed by atoms with Gasteiger partial charge in [-0.05, 0) is 11.1 Å². The zero-order valence-corrected chi connectivity index (χ0v) is 10.5. The quantitative estimate of drug-likeness (QED) is 0.593. The normalized spacial score (nSPS) is 16.4. The van der Waals surface area contributed by atoms with Crippen LogP contribution in [0.25, 0.3) is 0 Å². The van der Waals surface area contributed by atoms with Crippen molar-refractivity contribution in [3.8, 4) is 0 Å². The second-order valence-corrected chi connectivity index (χ2v) is 4.45. The Labute approximate surface area is 107 Å². The molecule has 0 radical (unpaired) electrons. The first-order chi connectivity index (χ1) is 8.74. The summed E-state index contributed by atoms with van der Waals surface area (Å²) >= 11 is 0. The molecule has 0 saturated carbocycles. The van der Waals surface area contributed by atoms with Gasteiger partial charge in [-0.2, -0.15) is 0 Å². The first-order valence-electron chi connectivity index (χ1n) is 6.17. The minimum absolute atomic E-state index is 0.133. The lowest BCUT2D eigenvalue weighted by molar-refractivity contribution is 0.0342. The van der Waals surface area contributed by atoms with Crippen molar-refractivity contribution in [3.63, 3.8) is 0 Å². The number of nitrogens with zero attached hydrogens (tertiary/aromatic N) is 2. The Hall–Kier alpha value is -1.59. The summed E-state index contributed by atoms with van der Waals surface area (Å²) in [7, 11) is 0. The monoisotopic (exact) mass is 248 g/mol. The van der Waals surface area contributed by atoms with Gasteiger partial charge >= 0.3 is 0 Å². The van der Waals surface area contributed by atoms with Crippen molar-refractivity contribution in [1.29, 1.82) is 0 Å². The molecule has 0 aromatic heterocycles. The van der Waals surface area contributed by atoms with Gasteiger partial charge in [0.15, 0.2) is 5.96 Å². The summed E-state index contributed by atoms with van der Waals surface area (Å²) in [5, 5.41) is 0. The minimum atomic E-state index is 0.133. The summed E-state index contributed by atoms with van der Waals surface area (Å²) in [5.74, 6) is 0.133. The second-order valence-electron chi connectivity index (χ2n) is 4.45. The van der Waals surface area contributed by atoms with E-state index >= 15 is 0 Å². The van der Waals surface area contributed by atoms with Gasteiger partial charge in [-0.3, -0.25) is 4.90 Å². The van der Waals surface area contributed by atoms with Gasteiger partial charge in [-0.25, -0.2) is 4.99 Å². The Balaban J connectivity index is 1.95. The molecule has 0 spiro atoms. The Morgan fingerprint density at radius 1 is 1.22 bits per heavy atom. The summed E-state index contributed by atoms with van der Waals surface area (Å²) in [6.45, 7) is 5.15. The fourth-order valence-electron chi connectivity index (χ4n) is 2.03. The highest BCUT2D eigenvalue weighted by Crippen LogP contribution is 2.10. The summed E-state index contributed by atoms with van der Waals surface area (Å²) in [5.41, 5.74) is 13.1. The lowest BCUT2D eigenvalue weighted by Crippen LogP contribution is -2.35. The lowest BCUT2D eigenvalue weighted by Gasteiger charge is -2.26. The maximum Gasteiger partial charge on any atom is 0.186 e. The van der Waals surface area contributed by atoms with Crippen LogP contribution in [0.15, 0.2) is 29.3 Å². The molecule has 0 amide bonds. The molecular weight excluding hydrogens is 228 g/mol. The largest absolute Gasteiger partial charge is 0.379 e. The first kappa shape index (κ1) is 12.9. The smallest absolute Gasteiger partial charge is 0.186 e. The Morgan fingerprint density at radius 2 is 1.94 bits per heavy atom. The maximum atomic E-state index is 5.34. The third-order valence-electron chi connectivity index (χ3n) is 2.95. The van der Waals surface area contributed by atoms with Crippen molar-refractivity contribution < 1.29 is 4.74 Å². The number of aliphatic imine (C=N–C) groups is 1. The van der Waals surface area contributed by atoms with Crippen LogP contribution < -0.4 is 11.5 Å². The molecule has 0 bridgehead atoms. The molecule has 0 atom stereocenters. The van der Waals surface area contributed by atoms with Gasteiger partial charge < -0.3 is 16.2 Å². The van der Waals surface area contributed by atoms with E-state index in [4.69, 9.17) is 16.2 Å². The van der Waals surface area contributed by atoms with Crippen molar-refractivity contribution in [2.45, 2.75) is 13.1 Å². The van der Waals surface area contributed by atoms with Crippen molar-refractivity contribution >= 4 is 5.96 Å². The van der Waals surface area contributed by atoms with Crippen LogP contribution in [0.2, 0.25) is 0 Å². The standard InChI is InChI=1S/C13H20N4O/c14-13(15)16-9-11-2-1-3-12(8-11)10-17-4-6-18-7-5-17/h1-3,8H,4-7,9-10H2,(H4,14,15,16). The SMILES string of the molecule is NC(N)=NCc1cccc(CN2CCOCC2)c1. The third kappa shape index (κ3) is 4.01. The Morgan fingerprint density at radius 3 is 2.67 bits per heavy atom. The van der Waals surface area contributed by atoms with E-state index in [-0.39, 0.29) is 5.96 Å². The fourth-order valence-corrected chi connectivity index (χ4v) is 2.03. The van der Waals surface area contributed by atoms with E-state index in [0.29, 0.717) is 6.54 Å². The summed E-state index contributed by atoms with van der Waals surface area (Å²) < 4.78 is 5.34. The van der Waals surface area contributed by atoms with E-state index < -0.39 is 0 Å². The maximum absolute atomic E-state index is 5.34. The average Bonchev–Trinajstić information content (AvgIpc) is 2.38. The molecule has 1 fully saturated rings. The van der Waals surface area contributed by atoms with Gasteiger partial charge in [0, 0.05) is 19.6 Å². The van der Waals surface area contributed by atoms with Crippen molar-refractivity contribution in [2.24, 2.45) is 16.5 Å². The van der Waals surface area contributed by atoms with Gasteiger partial charge in [-0.15, -0.1) is 0 Å². The van der Waals surface area contributed by atoms with Crippen LogP contribution in [0.1, 0.15) is 11.1 Å². The average molecular weight is 248 g/mol. The molecule has 0 unspecified atom stereocenters. The Bertz CT molecular complexity index is 409. The number of guanidine groups is 1. The van der Waals surface area contributed by atoms with E-state index in [1.165, 1.54) is 5.56 Å². The number of hydrogen-bond acceptors (Lipinski definition) is 3.